The maximum absolute atomic E-state index is 13.3. The lowest BCUT2D eigenvalue weighted by molar-refractivity contribution is -0.117. The highest BCUT2D eigenvalue weighted by Gasteiger charge is 2.43. The van der Waals surface area contributed by atoms with Gasteiger partial charge >= 0.3 is 0 Å². The van der Waals surface area contributed by atoms with E-state index in [9.17, 15) is 4.79 Å². The zero-order chi connectivity index (χ0) is 22.7. The van der Waals surface area contributed by atoms with Gasteiger partial charge in [0.05, 0.1) is 10.9 Å². The number of anilines is 1. The fraction of sp³-hybridized carbons (Fsp3) is 0.222. The molecule has 2 heterocycles. The first kappa shape index (κ1) is 20.6. The summed E-state index contributed by atoms with van der Waals surface area (Å²) in [6.45, 7) is 2.30. The fourth-order valence-electron chi connectivity index (χ4n) is 5.42. The Morgan fingerprint density at radius 2 is 1.76 bits per heavy atom. The van der Waals surface area contributed by atoms with Crippen LogP contribution in [0.4, 0.5) is 5.69 Å². The molecule has 1 aliphatic carbocycles. The minimum absolute atomic E-state index is 0.0187. The number of alkyl halides is 1. The highest BCUT2D eigenvalue weighted by Crippen LogP contribution is 2.55. The third-order valence-corrected chi connectivity index (χ3v) is 7.37. The highest BCUT2D eigenvalue weighted by molar-refractivity contribution is 6.33. The van der Waals surface area contributed by atoms with E-state index in [-0.39, 0.29) is 24.5 Å². The summed E-state index contributed by atoms with van der Waals surface area (Å²) >= 11 is 12.7. The molecule has 33 heavy (non-hydrogen) atoms. The van der Waals surface area contributed by atoms with Crippen LogP contribution in [0.15, 0.2) is 60.2 Å². The molecular weight excluding hydrogens is 457 g/mol. The van der Waals surface area contributed by atoms with Crippen molar-refractivity contribution in [2.75, 3.05) is 18.0 Å². The molecule has 0 fully saturated rings. The summed E-state index contributed by atoms with van der Waals surface area (Å²) in [5.41, 5.74) is 8.33. The smallest absolute Gasteiger partial charge is 0.232 e. The van der Waals surface area contributed by atoms with E-state index in [0.717, 1.165) is 51.1 Å². The zero-order valence-electron chi connectivity index (χ0n) is 18.0. The molecule has 2 unspecified atom stereocenters. The van der Waals surface area contributed by atoms with Crippen LogP contribution in [0.25, 0.3) is 5.57 Å². The number of nitrogens with one attached hydrogen (secondary N) is 1. The van der Waals surface area contributed by atoms with E-state index in [2.05, 4.69) is 30.4 Å². The van der Waals surface area contributed by atoms with Gasteiger partial charge in [-0.25, -0.2) is 0 Å². The topological polar surface area (TPSA) is 47.6 Å². The van der Waals surface area contributed by atoms with E-state index < -0.39 is 0 Å². The van der Waals surface area contributed by atoms with Gasteiger partial charge in [0.1, 0.15) is 0 Å². The summed E-state index contributed by atoms with van der Waals surface area (Å²) in [6.07, 6.45) is 0.768. The minimum Gasteiger partial charge on any atom is -0.454 e. The van der Waals surface area contributed by atoms with Crippen molar-refractivity contribution in [3.8, 4) is 11.5 Å². The second-order valence-corrected chi connectivity index (χ2v) is 9.42. The van der Waals surface area contributed by atoms with Crippen LogP contribution in [0.1, 0.15) is 46.6 Å². The molecule has 3 aromatic rings. The normalized spacial score (nSPS) is 20.2. The lowest BCUT2D eigenvalue weighted by Crippen LogP contribution is -2.19. The maximum Gasteiger partial charge on any atom is 0.232 e. The minimum atomic E-state index is -0.318. The Balaban J connectivity index is 1.53. The van der Waals surface area contributed by atoms with E-state index in [1.807, 2.05) is 36.4 Å². The number of hydrogen-bond acceptors (Lipinski definition) is 3. The lowest BCUT2D eigenvalue weighted by Gasteiger charge is -2.21. The van der Waals surface area contributed by atoms with Crippen LogP contribution < -0.4 is 14.8 Å². The molecule has 6 heteroatoms. The van der Waals surface area contributed by atoms with E-state index in [1.165, 1.54) is 0 Å². The third-order valence-electron chi connectivity index (χ3n) is 6.87. The van der Waals surface area contributed by atoms with Crippen LogP contribution in [-0.4, -0.2) is 18.6 Å². The van der Waals surface area contributed by atoms with Crippen molar-refractivity contribution in [3.05, 3.63) is 93.0 Å². The van der Waals surface area contributed by atoms with E-state index >= 15 is 0 Å². The quantitative estimate of drug-likeness (QED) is 0.435. The molecule has 0 bridgehead atoms. The number of benzene rings is 3. The molecule has 6 rings (SSSR count). The first-order valence-corrected chi connectivity index (χ1v) is 11.9. The number of hydrogen-bond donors (Lipinski definition) is 1. The molecule has 2 atom stereocenters. The number of ether oxygens (including phenoxy) is 2. The van der Waals surface area contributed by atoms with Crippen LogP contribution in [0.5, 0.6) is 11.5 Å². The molecule has 3 aromatic carbocycles. The Bertz CT molecular complexity index is 1350. The van der Waals surface area contributed by atoms with Gasteiger partial charge in [-0.1, -0.05) is 53.6 Å². The SMILES string of the molecule is CC1=C(c2cc3c(cc2Cl)OCO3)c2ccccc2C1C1C(=O)Nc2ccc(CCCl)cc21. The maximum atomic E-state index is 13.3. The Labute approximate surface area is 202 Å². The first-order valence-electron chi connectivity index (χ1n) is 11.0. The van der Waals surface area contributed by atoms with Gasteiger partial charge in [0, 0.05) is 29.1 Å². The van der Waals surface area contributed by atoms with Crippen LogP contribution in [0, 0.1) is 0 Å². The summed E-state index contributed by atoms with van der Waals surface area (Å²) in [5, 5.41) is 3.69. The van der Waals surface area contributed by atoms with Crippen molar-refractivity contribution in [2.24, 2.45) is 0 Å². The summed E-state index contributed by atoms with van der Waals surface area (Å²) in [5.74, 6) is 1.49. The second kappa shape index (κ2) is 7.82. The second-order valence-electron chi connectivity index (χ2n) is 8.64. The highest BCUT2D eigenvalue weighted by atomic mass is 35.5. The van der Waals surface area contributed by atoms with Gasteiger partial charge in [0.15, 0.2) is 11.5 Å². The van der Waals surface area contributed by atoms with Crippen molar-refractivity contribution in [1.29, 1.82) is 0 Å². The molecular formula is C27H21Cl2NO3. The average Bonchev–Trinajstić information content (AvgIpc) is 3.46. The van der Waals surface area contributed by atoms with Gasteiger partial charge in [-0.15, -0.1) is 11.6 Å². The molecule has 1 N–H and O–H groups in total. The molecule has 0 aromatic heterocycles. The molecule has 1 amide bonds. The Morgan fingerprint density at radius 1 is 0.970 bits per heavy atom. The molecule has 0 radical (unpaired) electrons. The van der Waals surface area contributed by atoms with Crippen molar-refractivity contribution < 1.29 is 14.3 Å². The zero-order valence-corrected chi connectivity index (χ0v) is 19.5. The average molecular weight is 478 g/mol. The molecule has 2 aliphatic heterocycles. The van der Waals surface area contributed by atoms with Crippen molar-refractivity contribution >= 4 is 40.4 Å². The molecule has 166 valence electrons. The first-order chi connectivity index (χ1) is 16.1. The van der Waals surface area contributed by atoms with Crippen LogP contribution in [0.2, 0.25) is 5.02 Å². The van der Waals surface area contributed by atoms with Gasteiger partial charge in [-0.3, -0.25) is 4.79 Å². The van der Waals surface area contributed by atoms with Gasteiger partial charge in [-0.05, 0) is 53.3 Å². The van der Waals surface area contributed by atoms with Crippen molar-refractivity contribution in [1.82, 2.24) is 0 Å². The number of amides is 1. The standard InChI is InChI=1S/C27H21Cl2NO3/c1-14-24(18-11-22-23(12-20(18)29)33-13-32-22)16-4-2-3-5-17(16)25(14)26-19-10-15(8-9-28)6-7-21(19)30-27(26)31/h2-7,10-12,25-26H,8-9,13H2,1H3,(H,30,31). The van der Waals surface area contributed by atoms with Gasteiger partial charge < -0.3 is 14.8 Å². The molecule has 4 nitrogen and oxygen atoms in total. The van der Waals surface area contributed by atoms with Gasteiger partial charge in [0.2, 0.25) is 12.7 Å². The Hall–Kier alpha value is -2.95. The predicted molar refractivity (Wildman–Crippen MR) is 131 cm³/mol. The molecule has 0 saturated heterocycles. The molecule has 3 aliphatic rings. The van der Waals surface area contributed by atoms with Crippen LogP contribution in [0.3, 0.4) is 0 Å². The van der Waals surface area contributed by atoms with Crippen molar-refractivity contribution in [3.63, 3.8) is 0 Å². The molecule has 0 spiro atoms. The fourth-order valence-corrected chi connectivity index (χ4v) is 5.89. The number of allylic oxidation sites excluding steroid dienone is 1. The van der Waals surface area contributed by atoms with E-state index in [1.54, 1.807) is 0 Å². The van der Waals surface area contributed by atoms with E-state index in [4.69, 9.17) is 32.7 Å². The van der Waals surface area contributed by atoms with Gasteiger partial charge in [0.25, 0.3) is 0 Å². The Kier molecular flexibility index (Phi) is 4.89. The summed E-state index contributed by atoms with van der Waals surface area (Å²) in [4.78, 5) is 13.3. The number of carbonyl (C=O) groups excluding carboxylic acids is 1. The number of rotatable bonds is 4. The monoisotopic (exact) mass is 477 g/mol. The molecule has 0 saturated carbocycles. The number of aryl methyl sites for hydroxylation is 1. The Morgan fingerprint density at radius 3 is 2.58 bits per heavy atom. The number of fused-ring (bicyclic) bond motifs is 3. The number of carbonyl (C=O) groups is 1. The largest absolute Gasteiger partial charge is 0.454 e. The predicted octanol–water partition coefficient (Wildman–Crippen LogP) is 6.50. The summed E-state index contributed by atoms with van der Waals surface area (Å²) < 4.78 is 11.1. The van der Waals surface area contributed by atoms with Crippen LogP contribution >= 0.6 is 23.2 Å². The van der Waals surface area contributed by atoms with Crippen LogP contribution in [-0.2, 0) is 11.2 Å². The van der Waals surface area contributed by atoms with Gasteiger partial charge in [-0.2, -0.15) is 0 Å². The summed E-state index contributed by atoms with van der Waals surface area (Å²) in [6, 6.07) is 18.2. The lowest BCUT2D eigenvalue weighted by atomic mass is 9.80. The summed E-state index contributed by atoms with van der Waals surface area (Å²) in [7, 11) is 0. The third kappa shape index (κ3) is 3.16. The van der Waals surface area contributed by atoms with E-state index in [0.29, 0.717) is 22.4 Å². The van der Waals surface area contributed by atoms with Crippen molar-refractivity contribution in [2.45, 2.75) is 25.2 Å². The number of halogens is 2.